The van der Waals surface area contributed by atoms with Crippen molar-refractivity contribution >= 4 is 39.6 Å². The second kappa shape index (κ2) is 9.00. The van der Waals surface area contributed by atoms with E-state index in [1.807, 2.05) is 24.4 Å². The Balaban J connectivity index is 1.45. The van der Waals surface area contributed by atoms with E-state index in [1.165, 1.54) is 11.3 Å². The Hall–Kier alpha value is -1.81. The number of anilines is 1. The zero-order valence-corrected chi connectivity index (χ0v) is 21.3. The van der Waals surface area contributed by atoms with Gasteiger partial charge in [0.25, 0.3) is 0 Å². The van der Waals surface area contributed by atoms with Crippen LogP contribution in [-0.2, 0) is 22.6 Å². The molecule has 2 fully saturated rings. The van der Waals surface area contributed by atoms with Gasteiger partial charge < -0.3 is 20.8 Å². The molecule has 5 rings (SSSR count). The largest absolute Gasteiger partial charge is 0.396 e. The van der Waals surface area contributed by atoms with Crippen molar-refractivity contribution in [2.24, 2.45) is 22.7 Å². The molecule has 2 heterocycles. The highest BCUT2D eigenvalue weighted by molar-refractivity contribution is 7.15. The van der Waals surface area contributed by atoms with Crippen molar-refractivity contribution in [2.75, 3.05) is 11.9 Å². The summed E-state index contributed by atoms with van der Waals surface area (Å²) in [5, 5.41) is 29.9. The number of thiazole rings is 1. The van der Waals surface area contributed by atoms with Crippen molar-refractivity contribution in [3.63, 3.8) is 0 Å². The Morgan fingerprint density at radius 3 is 2.74 bits per heavy atom. The molecule has 9 heteroatoms. The van der Waals surface area contributed by atoms with Crippen LogP contribution in [0.25, 0.3) is 0 Å². The molecular weight excluding hydrogens is 470 g/mol. The molecule has 0 aliphatic heterocycles. The number of amides is 2. The first-order valence-electron chi connectivity index (χ1n) is 12.1. The third-order valence-electron chi connectivity index (χ3n) is 8.50. The molecule has 34 heavy (non-hydrogen) atoms. The quantitative estimate of drug-likeness (QED) is 0.461. The lowest BCUT2D eigenvalue weighted by molar-refractivity contribution is -0.144. The summed E-state index contributed by atoms with van der Waals surface area (Å²) in [5.74, 6) is -0.0579. The van der Waals surface area contributed by atoms with Crippen LogP contribution in [0.15, 0.2) is 17.5 Å². The first-order valence-corrected chi connectivity index (χ1v) is 13.8. The zero-order chi connectivity index (χ0) is 24.1. The lowest BCUT2D eigenvalue weighted by Gasteiger charge is -2.58. The van der Waals surface area contributed by atoms with Crippen LogP contribution in [0.5, 0.6) is 0 Å². The first-order chi connectivity index (χ1) is 16.2. The summed E-state index contributed by atoms with van der Waals surface area (Å²) in [6, 6.07) is 3.98. The molecule has 2 saturated carbocycles. The molecule has 184 valence electrons. The van der Waals surface area contributed by atoms with Crippen LogP contribution in [0.4, 0.5) is 5.13 Å². The van der Waals surface area contributed by atoms with Crippen LogP contribution in [0.2, 0.25) is 0 Å². The SMILES string of the molecule is CC1(CO)C(O)CCC2(C)C(CC(=O)NCc3cccs3)c3nc(NC(=O)C4CC4)sc3CC12. The van der Waals surface area contributed by atoms with Gasteiger partial charge in [0, 0.05) is 33.4 Å². The molecule has 0 radical (unpaired) electrons. The monoisotopic (exact) mass is 503 g/mol. The van der Waals surface area contributed by atoms with E-state index in [9.17, 15) is 19.8 Å². The molecular formula is C25H33N3O4S2. The number of thiophene rings is 1. The van der Waals surface area contributed by atoms with Crippen molar-refractivity contribution in [1.82, 2.24) is 10.3 Å². The fraction of sp³-hybridized carbons (Fsp3) is 0.640. The predicted octanol–water partition coefficient (Wildman–Crippen LogP) is 3.68. The third kappa shape index (κ3) is 4.21. The Labute approximate surface area is 208 Å². The van der Waals surface area contributed by atoms with Crippen molar-refractivity contribution < 1.29 is 19.8 Å². The lowest BCUT2D eigenvalue weighted by Crippen LogP contribution is -2.57. The van der Waals surface area contributed by atoms with Gasteiger partial charge in [0.05, 0.1) is 24.9 Å². The minimum atomic E-state index is -0.655. The molecule has 2 aromatic rings. The van der Waals surface area contributed by atoms with Crippen LogP contribution in [0, 0.1) is 22.7 Å². The first kappa shape index (κ1) is 23.9. The molecule has 5 unspecified atom stereocenters. The fourth-order valence-corrected chi connectivity index (χ4v) is 7.82. The maximum absolute atomic E-state index is 13.1. The molecule has 7 nitrogen and oxygen atoms in total. The van der Waals surface area contributed by atoms with E-state index in [0.29, 0.717) is 30.9 Å². The summed E-state index contributed by atoms with van der Waals surface area (Å²) in [6.45, 7) is 4.56. The third-order valence-corrected chi connectivity index (χ3v) is 10.4. The van der Waals surface area contributed by atoms with Crippen LogP contribution in [0.3, 0.4) is 0 Å². The van der Waals surface area contributed by atoms with Gasteiger partial charge in [-0.05, 0) is 54.9 Å². The van der Waals surface area contributed by atoms with Crippen molar-refractivity contribution in [1.29, 1.82) is 0 Å². The molecule has 0 saturated heterocycles. The highest BCUT2D eigenvalue weighted by Crippen LogP contribution is 2.62. The van der Waals surface area contributed by atoms with E-state index >= 15 is 0 Å². The molecule has 0 spiro atoms. The molecule has 4 N–H and O–H groups in total. The van der Waals surface area contributed by atoms with E-state index in [0.717, 1.165) is 34.7 Å². The smallest absolute Gasteiger partial charge is 0.229 e. The number of aliphatic hydroxyl groups is 2. The van der Waals surface area contributed by atoms with E-state index in [2.05, 4.69) is 17.6 Å². The number of hydrogen-bond donors (Lipinski definition) is 4. The van der Waals surface area contributed by atoms with Crippen molar-refractivity contribution in [3.05, 3.63) is 33.0 Å². The van der Waals surface area contributed by atoms with Gasteiger partial charge in [-0.25, -0.2) is 4.98 Å². The average molecular weight is 504 g/mol. The summed E-state index contributed by atoms with van der Waals surface area (Å²) in [4.78, 5) is 32.5. The summed E-state index contributed by atoms with van der Waals surface area (Å²) in [5.41, 5.74) is -0.0500. The lowest BCUT2D eigenvalue weighted by atomic mass is 9.47. The topological polar surface area (TPSA) is 112 Å². The normalized spacial score (nSPS) is 32.5. The van der Waals surface area contributed by atoms with Crippen LogP contribution < -0.4 is 10.6 Å². The maximum atomic E-state index is 13.1. The number of fused-ring (bicyclic) bond motifs is 2. The molecule has 3 aliphatic rings. The minimum Gasteiger partial charge on any atom is -0.396 e. The molecule has 2 amide bonds. The van der Waals surface area contributed by atoms with Crippen LogP contribution >= 0.6 is 22.7 Å². The highest BCUT2D eigenvalue weighted by Gasteiger charge is 2.59. The number of rotatable bonds is 7. The molecule has 2 aromatic heterocycles. The number of carbonyl (C=O) groups is 2. The minimum absolute atomic E-state index is 0.00350. The molecule has 0 aromatic carbocycles. The second-order valence-electron chi connectivity index (χ2n) is 10.7. The Kier molecular flexibility index (Phi) is 6.33. The van der Waals surface area contributed by atoms with Gasteiger partial charge in [0.1, 0.15) is 0 Å². The van der Waals surface area contributed by atoms with E-state index in [-0.39, 0.29) is 41.6 Å². The Morgan fingerprint density at radius 1 is 1.26 bits per heavy atom. The summed E-state index contributed by atoms with van der Waals surface area (Å²) < 4.78 is 0. The van der Waals surface area contributed by atoms with E-state index < -0.39 is 11.5 Å². The van der Waals surface area contributed by atoms with Gasteiger partial charge in [0.15, 0.2) is 5.13 Å². The van der Waals surface area contributed by atoms with Gasteiger partial charge >= 0.3 is 0 Å². The van der Waals surface area contributed by atoms with Gasteiger partial charge in [0.2, 0.25) is 11.8 Å². The summed E-state index contributed by atoms with van der Waals surface area (Å²) in [6.07, 6.45) is 3.59. The number of hydrogen-bond acceptors (Lipinski definition) is 7. The molecule has 3 aliphatic carbocycles. The zero-order valence-electron chi connectivity index (χ0n) is 19.7. The van der Waals surface area contributed by atoms with Crippen molar-refractivity contribution in [3.8, 4) is 0 Å². The molecule has 0 bridgehead atoms. The summed E-state index contributed by atoms with van der Waals surface area (Å²) in [7, 11) is 0. The predicted molar refractivity (Wildman–Crippen MR) is 133 cm³/mol. The number of carbonyl (C=O) groups excluding carboxylic acids is 2. The highest BCUT2D eigenvalue weighted by atomic mass is 32.1. The number of nitrogens with one attached hydrogen (secondary N) is 2. The number of aromatic nitrogens is 1. The molecule has 5 atom stereocenters. The van der Waals surface area contributed by atoms with Crippen molar-refractivity contribution in [2.45, 2.75) is 70.9 Å². The Bertz CT molecular complexity index is 1070. The van der Waals surface area contributed by atoms with Gasteiger partial charge in [-0.15, -0.1) is 22.7 Å². The number of nitrogens with zero attached hydrogens (tertiary/aromatic N) is 1. The average Bonchev–Trinajstić information content (AvgIpc) is 3.39. The van der Waals surface area contributed by atoms with Crippen LogP contribution in [0.1, 0.15) is 67.3 Å². The summed E-state index contributed by atoms with van der Waals surface area (Å²) >= 11 is 3.10. The Morgan fingerprint density at radius 2 is 2.06 bits per heavy atom. The maximum Gasteiger partial charge on any atom is 0.229 e. The number of aliphatic hydroxyl groups excluding tert-OH is 2. The van der Waals surface area contributed by atoms with E-state index in [4.69, 9.17) is 4.98 Å². The fourth-order valence-electron chi connectivity index (χ4n) is 6.11. The van der Waals surface area contributed by atoms with Crippen LogP contribution in [-0.4, -0.2) is 39.7 Å². The van der Waals surface area contributed by atoms with Gasteiger partial charge in [-0.1, -0.05) is 19.9 Å². The van der Waals surface area contributed by atoms with Gasteiger partial charge in [-0.2, -0.15) is 0 Å². The standard InChI is InChI=1S/C25H33N3O4S2/c1-24-8-7-19(30)25(2,13-29)18(24)11-17-21(27-23(34-17)28-22(32)14-5-6-14)16(24)10-20(31)26-12-15-4-3-9-33-15/h3-4,9,14,16,18-19,29-30H,5-8,10-13H2,1-2H3,(H,26,31)(H,27,28,32). The van der Waals surface area contributed by atoms with Gasteiger partial charge in [-0.3, -0.25) is 9.59 Å². The second-order valence-corrected chi connectivity index (χ2v) is 12.8. The van der Waals surface area contributed by atoms with E-state index in [1.54, 1.807) is 11.3 Å².